The monoisotopic (exact) mass is 202 g/mol. The van der Waals surface area contributed by atoms with Crippen molar-refractivity contribution >= 4 is 5.91 Å². The van der Waals surface area contributed by atoms with Crippen LogP contribution in [-0.4, -0.2) is 50.0 Å². The first kappa shape index (κ1) is 11.4. The molecule has 5 heteroatoms. The number of hydrogen-bond donors (Lipinski definition) is 3. The van der Waals surface area contributed by atoms with Gasteiger partial charge in [0.25, 0.3) is 0 Å². The molecule has 1 heterocycles. The predicted molar refractivity (Wildman–Crippen MR) is 51.9 cm³/mol. The van der Waals surface area contributed by atoms with E-state index in [1.807, 2.05) is 0 Å². The summed E-state index contributed by atoms with van der Waals surface area (Å²) in [5.41, 5.74) is 0. The normalized spacial score (nSPS) is 21.9. The summed E-state index contributed by atoms with van der Waals surface area (Å²) in [4.78, 5) is 11.1. The minimum atomic E-state index is -0.0202. The highest BCUT2D eigenvalue weighted by Gasteiger charge is 2.14. The molecule has 0 aromatic carbocycles. The van der Waals surface area contributed by atoms with E-state index in [9.17, 15) is 4.79 Å². The van der Waals surface area contributed by atoms with Gasteiger partial charge >= 0.3 is 0 Å². The van der Waals surface area contributed by atoms with Crippen molar-refractivity contribution in [2.75, 3.05) is 32.8 Å². The molecule has 82 valence electrons. The Labute approximate surface area is 83.8 Å². The lowest BCUT2D eigenvalue weighted by atomic mass is 10.1. The van der Waals surface area contributed by atoms with Gasteiger partial charge in [-0.3, -0.25) is 4.79 Å². The second-order valence-electron chi connectivity index (χ2n) is 3.31. The Morgan fingerprint density at radius 3 is 3.14 bits per heavy atom. The van der Waals surface area contributed by atoms with Crippen molar-refractivity contribution in [1.82, 2.24) is 10.6 Å². The minimum absolute atomic E-state index is 0.00672. The van der Waals surface area contributed by atoms with Crippen molar-refractivity contribution in [2.45, 2.75) is 18.9 Å². The molecule has 0 bridgehead atoms. The van der Waals surface area contributed by atoms with Crippen LogP contribution in [0.4, 0.5) is 0 Å². The molecule has 3 N–H and O–H groups in total. The summed E-state index contributed by atoms with van der Waals surface area (Å²) in [6.45, 7) is 2.78. The SMILES string of the molecule is O=C(CCC1CNCCO1)NCCO. The maximum absolute atomic E-state index is 11.1. The number of ether oxygens (including phenoxy) is 1. The standard InChI is InChI=1S/C9H18N2O3/c12-5-3-11-9(13)2-1-8-7-10-4-6-14-8/h8,10,12H,1-7H2,(H,11,13). The molecule has 1 unspecified atom stereocenters. The van der Waals surface area contributed by atoms with E-state index in [1.54, 1.807) is 0 Å². The third kappa shape index (κ3) is 4.55. The molecule has 0 aromatic heterocycles. The van der Waals surface area contributed by atoms with Crippen molar-refractivity contribution in [2.24, 2.45) is 0 Å². The largest absolute Gasteiger partial charge is 0.395 e. The molecule has 0 aromatic rings. The van der Waals surface area contributed by atoms with Crippen LogP contribution in [0.3, 0.4) is 0 Å². The molecule has 14 heavy (non-hydrogen) atoms. The zero-order valence-corrected chi connectivity index (χ0v) is 8.29. The van der Waals surface area contributed by atoms with E-state index in [0.717, 1.165) is 26.1 Å². The zero-order chi connectivity index (χ0) is 10.2. The highest BCUT2D eigenvalue weighted by atomic mass is 16.5. The Balaban J connectivity index is 2.03. The zero-order valence-electron chi connectivity index (χ0n) is 8.29. The Morgan fingerprint density at radius 2 is 2.50 bits per heavy atom. The van der Waals surface area contributed by atoms with Crippen LogP contribution in [0.5, 0.6) is 0 Å². The summed E-state index contributed by atoms with van der Waals surface area (Å²) in [7, 11) is 0. The summed E-state index contributed by atoms with van der Waals surface area (Å²) in [5.74, 6) is -0.0202. The Hall–Kier alpha value is -0.650. The lowest BCUT2D eigenvalue weighted by Gasteiger charge is -2.23. The van der Waals surface area contributed by atoms with E-state index in [-0.39, 0.29) is 18.6 Å². The summed E-state index contributed by atoms with van der Waals surface area (Å²) in [6, 6.07) is 0. The second-order valence-corrected chi connectivity index (χ2v) is 3.31. The quantitative estimate of drug-likeness (QED) is 0.527. The topological polar surface area (TPSA) is 70.6 Å². The minimum Gasteiger partial charge on any atom is -0.395 e. The second kappa shape index (κ2) is 6.75. The number of nitrogens with one attached hydrogen (secondary N) is 2. The van der Waals surface area contributed by atoms with E-state index < -0.39 is 0 Å². The van der Waals surface area contributed by atoms with Crippen molar-refractivity contribution in [1.29, 1.82) is 0 Å². The fraction of sp³-hybridized carbons (Fsp3) is 0.889. The van der Waals surface area contributed by atoms with Crippen molar-refractivity contribution in [3.05, 3.63) is 0 Å². The molecule has 1 aliphatic heterocycles. The van der Waals surface area contributed by atoms with E-state index in [4.69, 9.17) is 9.84 Å². The summed E-state index contributed by atoms with van der Waals surface area (Å²) >= 11 is 0. The number of amides is 1. The first-order chi connectivity index (χ1) is 6.83. The van der Waals surface area contributed by atoms with Crippen LogP contribution in [0.1, 0.15) is 12.8 Å². The maximum Gasteiger partial charge on any atom is 0.220 e. The molecular weight excluding hydrogens is 184 g/mol. The first-order valence-corrected chi connectivity index (χ1v) is 5.03. The van der Waals surface area contributed by atoms with Gasteiger partial charge in [0.1, 0.15) is 0 Å². The molecule has 1 aliphatic rings. The van der Waals surface area contributed by atoms with Crippen LogP contribution in [0, 0.1) is 0 Å². The smallest absolute Gasteiger partial charge is 0.220 e. The Morgan fingerprint density at radius 1 is 1.64 bits per heavy atom. The molecule has 5 nitrogen and oxygen atoms in total. The third-order valence-electron chi connectivity index (χ3n) is 2.13. The van der Waals surface area contributed by atoms with Gasteiger partial charge in [-0.2, -0.15) is 0 Å². The first-order valence-electron chi connectivity index (χ1n) is 5.03. The van der Waals surface area contributed by atoms with E-state index in [0.29, 0.717) is 13.0 Å². The molecule has 0 radical (unpaired) electrons. The van der Waals surface area contributed by atoms with Gasteiger partial charge in [-0.1, -0.05) is 0 Å². The molecule has 0 aliphatic carbocycles. The molecule has 1 rings (SSSR count). The van der Waals surface area contributed by atoms with Gasteiger partial charge in [-0.05, 0) is 6.42 Å². The highest BCUT2D eigenvalue weighted by Crippen LogP contribution is 2.04. The Bertz CT molecular complexity index is 169. The van der Waals surface area contributed by atoms with Crippen molar-refractivity contribution in [3.8, 4) is 0 Å². The average molecular weight is 202 g/mol. The lowest BCUT2D eigenvalue weighted by molar-refractivity contribution is -0.122. The fourth-order valence-electron chi connectivity index (χ4n) is 1.38. The summed E-state index contributed by atoms with van der Waals surface area (Å²) in [6.07, 6.45) is 1.36. The van der Waals surface area contributed by atoms with Crippen LogP contribution < -0.4 is 10.6 Å². The summed E-state index contributed by atoms with van der Waals surface area (Å²) in [5, 5.41) is 14.3. The number of hydrogen-bond acceptors (Lipinski definition) is 4. The van der Waals surface area contributed by atoms with E-state index >= 15 is 0 Å². The van der Waals surface area contributed by atoms with Gasteiger partial charge in [0, 0.05) is 26.1 Å². The molecular formula is C9H18N2O3. The number of carbonyl (C=O) groups is 1. The van der Waals surface area contributed by atoms with Crippen molar-refractivity contribution < 1.29 is 14.6 Å². The Kier molecular flexibility index (Phi) is 5.51. The predicted octanol–water partition coefficient (Wildman–Crippen LogP) is -1.14. The van der Waals surface area contributed by atoms with Gasteiger partial charge in [0.2, 0.25) is 5.91 Å². The van der Waals surface area contributed by atoms with Crippen LogP contribution in [0.15, 0.2) is 0 Å². The molecule has 0 saturated carbocycles. The van der Waals surface area contributed by atoms with Gasteiger partial charge < -0.3 is 20.5 Å². The lowest BCUT2D eigenvalue weighted by Crippen LogP contribution is -2.39. The van der Waals surface area contributed by atoms with Gasteiger partial charge in [0.15, 0.2) is 0 Å². The molecule has 1 fully saturated rings. The number of aliphatic hydroxyl groups excluding tert-OH is 1. The average Bonchev–Trinajstić information content (AvgIpc) is 2.25. The van der Waals surface area contributed by atoms with E-state index in [2.05, 4.69) is 10.6 Å². The van der Waals surface area contributed by atoms with Gasteiger partial charge in [0.05, 0.1) is 19.3 Å². The van der Waals surface area contributed by atoms with Gasteiger partial charge in [-0.25, -0.2) is 0 Å². The van der Waals surface area contributed by atoms with Crippen LogP contribution >= 0.6 is 0 Å². The molecule has 0 spiro atoms. The van der Waals surface area contributed by atoms with Crippen molar-refractivity contribution in [3.63, 3.8) is 0 Å². The van der Waals surface area contributed by atoms with Crippen LogP contribution in [-0.2, 0) is 9.53 Å². The van der Waals surface area contributed by atoms with Gasteiger partial charge in [-0.15, -0.1) is 0 Å². The number of rotatable bonds is 5. The fourth-order valence-corrected chi connectivity index (χ4v) is 1.38. The molecule has 1 atom stereocenters. The van der Waals surface area contributed by atoms with E-state index in [1.165, 1.54) is 0 Å². The third-order valence-corrected chi connectivity index (χ3v) is 2.13. The number of morpholine rings is 1. The number of carbonyl (C=O) groups excluding carboxylic acids is 1. The van der Waals surface area contributed by atoms with Crippen LogP contribution in [0.2, 0.25) is 0 Å². The molecule has 1 amide bonds. The highest BCUT2D eigenvalue weighted by molar-refractivity contribution is 5.75. The summed E-state index contributed by atoms with van der Waals surface area (Å²) < 4.78 is 5.44. The molecule has 1 saturated heterocycles. The number of aliphatic hydroxyl groups is 1. The maximum atomic E-state index is 11.1. The van der Waals surface area contributed by atoms with Crippen LogP contribution in [0.25, 0.3) is 0 Å².